The molecule has 1 radical (unpaired) electrons. The molecule has 0 aliphatic carbocycles. The maximum absolute atomic E-state index is 5.58. The molecule has 2 heterocycles. The fourth-order valence-electron chi connectivity index (χ4n) is 3.33. The molecule has 0 N–H and O–H groups in total. The van der Waals surface area contributed by atoms with Gasteiger partial charge in [-0.3, -0.25) is 0 Å². The van der Waals surface area contributed by atoms with Gasteiger partial charge in [-0.05, 0) is 25.9 Å². The van der Waals surface area contributed by atoms with Crippen molar-refractivity contribution >= 4 is 12.9 Å². The van der Waals surface area contributed by atoms with Gasteiger partial charge in [0.05, 0.1) is 5.69 Å². The first kappa shape index (κ1) is 15.2. The van der Waals surface area contributed by atoms with Gasteiger partial charge < -0.3 is 9.33 Å². The maximum Gasteiger partial charge on any atom is 0.247 e. The molecule has 24 heavy (non-hydrogen) atoms. The molecule has 0 saturated carbocycles. The Morgan fingerprint density at radius 1 is 1.00 bits per heavy atom. The van der Waals surface area contributed by atoms with Crippen molar-refractivity contribution in [2.45, 2.75) is 18.8 Å². The van der Waals surface area contributed by atoms with E-state index in [0.717, 1.165) is 30.1 Å². The van der Waals surface area contributed by atoms with Crippen molar-refractivity contribution < 1.29 is 4.52 Å². The normalized spacial score (nSPS) is 18.4. The summed E-state index contributed by atoms with van der Waals surface area (Å²) in [6.45, 7) is 2.10. The van der Waals surface area contributed by atoms with E-state index in [1.807, 2.05) is 18.2 Å². The Bertz CT molecular complexity index is 773. The fraction of sp³-hybridized carbons (Fsp3) is 0.250. The lowest BCUT2D eigenvalue weighted by atomic mass is 9.77. The SMILES string of the molecule is [B](c1ccccc1)N1CCCC(c2cc(-c3ccccc3)on2)C1. The van der Waals surface area contributed by atoms with Gasteiger partial charge in [0.25, 0.3) is 0 Å². The standard InChI is InChI=1S/C20H20BN2O/c1-3-8-16(9-4-1)20-14-19(22-24-20)17-10-7-13-23(15-17)21-18-11-5-2-6-12-18/h1-6,8-9,11-12,14,17H,7,10,13,15H2. The first-order valence-corrected chi connectivity index (χ1v) is 8.54. The van der Waals surface area contributed by atoms with Crippen LogP contribution in [0.5, 0.6) is 0 Å². The van der Waals surface area contributed by atoms with Crippen LogP contribution in [0.1, 0.15) is 24.5 Å². The second kappa shape index (κ2) is 7.06. The Morgan fingerprint density at radius 3 is 2.54 bits per heavy atom. The summed E-state index contributed by atoms with van der Waals surface area (Å²) >= 11 is 0. The van der Waals surface area contributed by atoms with Crippen molar-refractivity contribution in [3.05, 3.63) is 72.4 Å². The molecule has 3 aromatic rings. The Morgan fingerprint density at radius 2 is 1.75 bits per heavy atom. The quantitative estimate of drug-likeness (QED) is 0.691. The lowest BCUT2D eigenvalue weighted by molar-refractivity contribution is 0.313. The van der Waals surface area contributed by atoms with Gasteiger partial charge in [-0.25, -0.2) is 0 Å². The average molecular weight is 315 g/mol. The molecule has 0 bridgehead atoms. The van der Waals surface area contributed by atoms with Crippen molar-refractivity contribution in [3.63, 3.8) is 0 Å². The molecule has 1 unspecified atom stereocenters. The molecule has 3 nitrogen and oxygen atoms in total. The highest BCUT2D eigenvalue weighted by molar-refractivity contribution is 6.50. The second-order valence-corrected chi connectivity index (χ2v) is 6.36. The van der Waals surface area contributed by atoms with E-state index >= 15 is 0 Å². The van der Waals surface area contributed by atoms with Crippen LogP contribution in [0.25, 0.3) is 11.3 Å². The van der Waals surface area contributed by atoms with Gasteiger partial charge in [-0.1, -0.05) is 71.3 Å². The second-order valence-electron chi connectivity index (χ2n) is 6.36. The van der Waals surface area contributed by atoms with Gasteiger partial charge >= 0.3 is 0 Å². The first-order chi connectivity index (χ1) is 11.9. The van der Waals surface area contributed by atoms with E-state index in [2.05, 4.69) is 65.9 Å². The molecule has 1 aliphatic rings. The number of rotatable bonds is 4. The number of aromatic nitrogens is 1. The van der Waals surface area contributed by atoms with Crippen molar-refractivity contribution in [1.29, 1.82) is 0 Å². The predicted octanol–water partition coefficient (Wildman–Crippen LogP) is 3.47. The topological polar surface area (TPSA) is 29.3 Å². The summed E-state index contributed by atoms with van der Waals surface area (Å²) in [6, 6.07) is 22.8. The van der Waals surface area contributed by atoms with Crippen LogP contribution in [0.4, 0.5) is 0 Å². The van der Waals surface area contributed by atoms with E-state index in [4.69, 9.17) is 4.52 Å². The van der Waals surface area contributed by atoms with Crippen LogP contribution >= 0.6 is 0 Å². The largest absolute Gasteiger partial charge is 0.356 e. The van der Waals surface area contributed by atoms with Crippen LogP contribution in [0.2, 0.25) is 0 Å². The smallest absolute Gasteiger partial charge is 0.247 e. The number of hydrogen-bond donors (Lipinski definition) is 0. The number of nitrogens with zero attached hydrogens (tertiary/aromatic N) is 2. The van der Waals surface area contributed by atoms with Crippen LogP contribution in [0.15, 0.2) is 71.3 Å². The average Bonchev–Trinajstić information content (AvgIpc) is 3.14. The summed E-state index contributed by atoms with van der Waals surface area (Å²) in [7, 11) is 2.25. The van der Waals surface area contributed by atoms with Crippen molar-refractivity contribution in [2.75, 3.05) is 13.1 Å². The molecule has 4 heteroatoms. The molecule has 1 aromatic heterocycles. The van der Waals surface area contributed by atoms with Gasteiger partial charge in [-0.15, -0.1) is 0 Å². The van der Waals surface area contributed by atoms with E-state index in [9.17, 15) is 0 Å². The first-order valence-electron chi connectivity index (χ1n) is 8.54. The molecule has 1 fully saturated rings. The van der Waals surface area contributed by atoms with Crippen molar-refractivity contribution in [3.8, 4) is 11.3 Å². The van der Waals surface area contributed by atoms with E-state index in [-0.39, 0.29) is 0 Å². The summed E-state index contributed by atoms with van der Waals surface area (Å²) < 4.78 is 5.58. The zero-order valence-electron chi connectivity index (χ0n) is 13.6. The highest BCUT2D eigenvalue weighted by Gasteiger charge is 2.24. The zero-order chi connectivity index (χ0) is 16.2. The van der Waals surface area contributed by atoms with Crippen LogP contribution in [0.3, 0.4) is 0 Å². The highest BCUT2D eigenvalue weighted by atomic mass is 16.5. The molecular weight excluding hydrogens is 295 g/mol. The molecule has 0 spiro atoms. The van der Waals surface area contributed by atoms with Crippen LogP contribution in [-0.4, -0.2) is 30.5 Å². The van der Waals surface area contributed by atoms with Gasteiger partial charge in [0.2, 0.25) is 7.41 Å². The monoisotopic (exact) mass is 315 g/mol. The summed E-state index contributed by atoms with van der Waals surface area (Å²) in [6.07, 6.45) is 2.35. The fourth-order valence-corrected chi connectivity index (χ4v) is 3.33. The van der Waals surface area contributed by atoms with E-state index in [0.29, 0.717) is 5.92 Å². The molecular formula is C20H20BN2O. The molecule has 119 valence electrons. The summed E-state index contributed by atoms with van der Waals surface area (Å²) in [5.41, 5.74) is 3.41. The maximum atomic E-state index is 5.58. The Labute approximate surface area is 143 Å². The third-order valence-corrected chi connectivity index (χ3v) is 4.59. The Balaban J connectivity index is 1.45. The Kier molecular flexibility index (Phi) is 4.47. The summed E-state index contributed by atoms with van der Waals surface area (Å²) in [5, 5.41) is 4.34. The molecule has 1 atom stereocenters. The number of piperidine rings is 1. The molecule has 1 saturated heterocycles. The predicted molar refractivity (Wildman–Crippen MR) is 97.3 cm³/mol. The van der Waals surface area contributed by atoms with E-state index in [1.54, 1.807) is 0 Å². The minimum absolute atomic E-state index is 0.430. The van der Waals surface area contributed by atoms with E-state index < -0.39 is 0 Å². The van der Waals surface area contributed by atoms with Crippen LogP contribution in [-0.2, 0) is 0 Å². The third-order valence-electron chi connectivity index (χ3n) is 4.59. The molecule has 1 aliphatic heterocycles. The minimum atomic E-state index is 0.430. The lowest BCUT2D eigenvalue weighted by Crippen LogP contribution is -2.42. The molecule has 0 amide bonds. The van der Waals surface area contributed by atoms with Gasteiger partial charge in [0.15, 0.2) is 5.76 Å². The third kappa shape index (κ3) is 3.44. The van der Waals surface area contributed by atoms with Gasteiger partial charge in [0.1, 0.15) is 0 Å². The number of hydrogen-bond acceptors (Lipinski definition) is 3. The van der Waals surface area contributed by atoms with Gasteiger partial charge in [0, 0.05) is 17.5 Å². The lowest BCUT2D eigenvalue weighted by Gasteiger charge is -2.31. The van der Waals surface area contributed by atoms with Crippen LogP contribution in [0, 0.1) is 0 Å². The summed E-state index contributed by atoms with van der Waals surface area (Å²) in [5.74, 6) is 1.29. The molecule has 4 rings (SSSR count). The van der Waals surface area contributed by atoms with Crippen LogP contribution < -0.4 is 5.46 Å². The summed E-state index contributed by atoms with van der Waals surface area (Å²) in [4.78, 5) is 2.40. The number of benzene rings is 2. The van der Waals surface area contributed by atoms with Crippen molar-refractivity contribution in [2.24, 2.45) is 0 Å². The Hall–Kier alpha value is -2.33. The van der Waals surface area contributed by atoms with E-state index in [1.165, 1.54) is 18.3 Å². The van der Waals surface area contributed by atoms with Crippen molar-refractivity contribution in [1.82, 2.24) is 9.97 Å². The minimum Gasteiger partial charge on any atom is -0.356 e. The highest BCUT2D eigenvalue weighted by Crippen LogP contribution is 2.29. The van der Waals surface area contributed by atoms with Gasteiger partial charge in [-0.2, -0.15) is 0 Å². The molecule has 2 aromatic carbocycles. The zero-order valence-corrected chi connectivity index (χ0v) is 13.6.